The number of hydrogen-bond acceptors (Lipinski definition) is 3. The maximum absolute atomic E-state index is 12.8. The van der Waals surface area contributed by atoms with Crippen LogP contribution < -0.4 is 5.32 Å². The summed E-state index contributed by atoms with van der Waals surface area (Å²) in [6.45, 7) is 15.0. The molecule has 0 heterocycles. The molecule has 1 N–H and O–H groups in total. The van der Waals surface area contributed by atoms with Crippen LogP contribution in [0.25, 0.3) is 0 Å². The Hall–Kier alpha value is -3.32. The summed E-state index contributed by atoms with van der Waals surface area (Å²) in [7, 11) is 0. The van der Waals surface area contributed by atoms with E-state index in [1.54, 1.807) is 0 Å². The molecule has 0 unspecified atom stereocenters. The fourth-order valence-electron chi connectivity index (χ4n) is 4.33. The number of carbonyl (C=O) groups excluding carboxylic acids is 1. The van der Waals surface area contributed by atoms with Gasteiger partial charge < -0.3 is 12.7 Å². The van der Waals surface area contributed by atoms with E-state index in [-0.39, 0.29) is 39.0 Å². The molecule has 0 saturated carbocycles. The third-order valence-electron chi connectivity index (χ3n) is 6.52. The number of rotatable bonds is 6. The minimum absolute atomic E-state index is 0. The molecule has 0 atom stereocenters. The number of nitrogens with one attached hydrogen (secondary N) is 1. The number of hydrogen-bond donors (Lipinski definition) is 1. The summed E-state index contributed by atoms with van der Waals surface area (Å²) in [5.41, 5.74) is 7.20. The van der Waals surface area contributed by atoms with Crippen LogP contribution in [0.5, 0.6) is 0 Å². The van der Waals surface area contributed by atoms with Crippen LogP contribution in [0.3, 0.4) is 0 Å². The predicted octanol–water partition coefficient (Wildman–Crippen LogP) is 10.2. The maximum atomic E-state index is 12.8. The number of anilines is 1. The number of para-hydroxylation sites is 2. The Kier molecular flexibility index (Phi) is 14.7. The van der Waals surface area contributed by atoms with E-state index in [0.717, 1.165) is 22.5 Å². The van der Waals surface area contributed by atoms with Crippen molar-refractivity contribution >= 4 is 23.4 Å². The first-order valence-corrected chi connectivity index (χ1v) is 13.7. The van der Waals surface area contributed by atoms with Gasteiger partial charge in [-0.3, -0.25) is 9.79 Å². The van der Waals surface area contributed by atoms with Gasteiger partial charge in [-0.1, -0.05) is 127 Å². The molecule has 0 saturated heterocycles. The first-order valence-electron chi connectivity index (χ1n) is 13.7. The van der Waals surface area contributed by atoms with E-state index in [2.05, 4.69) is 77.0 Å². The third-order valence-corrected chi connectivity index (χ3v) is 6.52. The number of benzene rings is 3. The second-order valence-corrected chi connectivity index (χ2v) is 11.4. The quantitative estimate of drug-likeness (QED) is 0.126. The number of carbonyl (C=O) groups is 1. The molecule has 0 radical (unpaired) electrons. The molecule has 4 rings (SSSR count). The molecule has 220 valence electrons. The van der Waals surface area contributed by atoms with E-state index < -0.39 is 0 Å². The van der Waals surface area contributed by atoms with Crippen molar-refractivity contribution in [3.63, 3.8) is 0 Å². The van der Waals surface area contributed by atoms with E-state index in [9.17, 15) is 4.79 Å². The number of allylic oxidation sites excluding steroid dienone is 5. The first-order chi connectivity index (χ1) is 18.6. The Labute approximate surface area is 262 Å². The summed E-state index contributed by atoms with van der Waals surface area (Å²) < 4.78 is 0. The van der Waals surface area contributed by atoms with Gasteiger partial charge in [0.1, 0.15) is 0 Å². The zero-order valence-electron chi connectivity index (χ0n) is 25.7. The Morgan fingerprint density at radius 2 is 1.32 bits per heavy atom. The van der Waals surface area contributed by atoms with Crippen molar-refractivity contribution in [2.24, 2.45) is 10.4 Å². The van der Waals surface area contributed by atoms with Gasteiger partial charge in [-0.15, -0.1) is 0 Å². The molecule has 0 aliphatic heterocycles. The third kappa shape index (κ3) is 10.5. The fraction of sp³-hybridized carbons (Fsp3) is 0.270. The van der Waals surface area contributed by atoms with Gasteiger partial charge in [0.15, 0.2) is 5.78 Å². The van der Waals surface area contributed by atoms with E-state index >= 15 is 0 Å². The molecule has 0 spiro atoms. The summed E-state index contributed by atoms with van der Waals surface area (Å²) in [5.74, 6) is 0.945. The average Bonchev–Trinajstić information content (AvgIpc) is 2.92. The molecule has 0 fully saturated rings. The molecular weight excluding hydrogens is 595 g/mol. The fourth-order valence-corrected chi connectivity index (χ4v) is 4.33. The van der Waals surface area contributed by atoms with Gasteiger partial charge in [0, 0.05) is 49.7 Å². The van der Waals surface area contributed by atoms with E-state index in [1.165, 1.54) is 11.1 Å². The van der Waals surface area contributed by atoms with E-state index in [1.807, 2.05) is 91.3 Å². The molecule has 3 nitrogen and oxygen atoms in total. The second kappa shape index (κ2) is 16.8. The normalized spacial score (nSPS) is 13.8. The van der Waals surface area contributed by atoms with Gasteiger partial charge >= 0.3 is 0 Å². The van der Waals surface area contributed by atoms with Crippen LogP contribution in [0.1, 0.15) is 77.0 Å². The van der Waals surface area contributed by atoms with Crippen molar-refractivity contribution in [2.75, 3.05) is 5.32 Å². The average molecular weight is 640 g/mol. The zero-order chi connectivity index (χ0) is 28.4. The smallest absolute Gasteiger partial charge is 0.191 e. The topological polar surface area (TPSA) is 41.5 Å². The Morgan fingerprint density at radius 1 is 0.780 bits per heavy atom. The van der Waals surface area contributed by atoms with E-state index in [4.69, 9.17) is 0 Å². The van der Waals surface area contributed by atoms with Gasteiger partial charge in [-0.25, -0.2) is 0 Å². The number of Topliss-reactive ketones (excluding diaryl/α,β-unsaturated/α-hetero) is 1. The summed E-state index contributed by atoms with van der Waals surface area (Å²) in [5, 5.41) is 3.46. The van der Waals surface area contributed by atoms with Gasteiger partial charge in [-0.2, -0.15) is 0 Å². The standard InChI is InChI=1S/C23H31NO.C13H11N.CH3.Pd/c1-15(2)18-11-9-12-19(16(3)4)21(18)24-14-17-10-8-13-20(22(17)25)23(5,6)7;1-3-7-12(8-4-1)11-14-13-9-5-2-6-10-13;;/h8-16,24H,1-7H3;1-11H;1H3;/q;;-1;/b17-14-;;;. The monoisotopic (exact) mass is 639 g/mol. The van der Waals surface area contributed by atoms with Crippen LogP contribution in [0.4, 0.5) is 11.4 Å². The van der Waals surface area contributed by atoms with Crippen molar-refractivity contribution in [2.45, 2.75) is 60.3 Å². The Balaban J connectivity index is 0.000000447. The minimum atomic E-state index is -0.153. The molecular formula is C37H45N2OPd-. The molecule has 4 heteroatoms. The molecule has 0 amide bonds. The number of aliphatic imine (C=N–C) groups is 1. The predicted molar refractivity (Wildman–Crippen MR) is 175 cm³/mol. The number of ketones is 1. The summed E-state index contributed by atoms with van der Waals surface area (Å²) in [6, 6.07) is 26.5. The van der Waals surface area contributed by atoms with Crippen molar-refractivity contribution < 1.29 is 25.2 Å². The molecule has 1 aliphatic carbocycles. The first kappa shape index (κ1) is 35.7. The SMILES string of the molecule is C(=Nc1ccccc1)c1ccccc1.CC(C)c1cccc(C(C)C)c1N/C=C1/C=CC=C(C(C)(C)C)C1=O.[CH3-].[Pd]. The molecule has 3 aromatic carbocycles. The Morgan fingerprint density at radius 3 is 1.83 bits per heavy atom. The molecule has 1 aliphatic rings. The summed E-state index contributed by atoms with van der Waals surface area (Å²) >= 11 is 0. The van der Waals surface area contributed by atoms with E-state index in [0.29, 0.717) is 17.4 Å². The van der Waals surface area contributed by atoms with Gasteiger partial charge in [0.05, 0.1) is 5.69 Å². The zero-order valence-corrected chi connectivity index (χ0v) is 27.3. The van der Waals surface area contributed by atoms with Crippen LogP contribution in [-0.4, -0.2) is 12.0 Å². The number of nitrogens with zero attached hydrogens (tertiary/aromatic N) is 1. The van der Waals surface area contributed by atoms with Crippen LogP contribution in [-0.2, 0) is 25.2 Å². The van der Waals surface area contributed by atoms with Crippen molar-refractivity contribution in [3.05, 3.63) is 139 Å². The molecule has 3 aromatic rings. The molecule has 41 heavy (non-hydrogen) atoms. The van der Waals surface area contributed by atoms with Crippen LogP contribution in [0, 0.1) is 12.8 Å². The summed E-state index contributed by atoms with van der Waals surface area (Å²) in [4.78, 5) is 17.2. The van der Waals surface area contributed by atoms with Gasteiger partial charge in [0.25, 0.3) is 0 Å². The van der Waals surface area contributed by atoms with Gasteiger partial charge in [-0.05, 0) is 52.1 Å². The largest absolute Gasteiger partial charge is 0.360 e. The van der Waals surface area contributed by atoms with Crippen LogP contribution in [0.15, 0.2) is 119 Å². The second-order valence-electron chi connectivity index (χ2n) is 11.4. The molecule has 0 aromatic heterocycles. The molecule has 0 bridgehead atoms. The maximum Gasteiger partial charge on any atom is 0.191 e. The van der Waals surface area contributed by atoms with Crippen molar-refractivity contribution in [1.29, 1.82) is 0 Å². The van der Waals surface area contributed by atoms with Crippen molar-refractivity contribution in [3.8, 4) is 0 Å². The summed E-state index contributed by atoms with van der Waals surface area (Å²) in [6.07, 6.45) is 9.52. The van der Waals surface area contributed by atoms with Crippen LogP contribution >= 0.6 is 0 Å². The van der Waals surface area contributed by atoms with Gasteiger partial charge in [0.2, 0.25) is 0 Å². The minimum Gasteiger partial charge on any atom is -0.360 e. The van der Waals surface area contributed by atoms with Crippen molar-refractivity contribution in [1.82, 2.24) is 0 Å². The van der Waals surface area contributed by atoms with Crippen LogP contribution in [0.2, 0.25) is 0 Å². The Bertz CT molecular complexity index is 1290.